The van der Waals surface area contributed by atoms with Crippen LogP contribution < -0.4 is 5.32 Å². The maximum atomic E-state index is 13.1. The molecule has 0 aliphatic heterocycles. The zero-order valence-electron chi connectivity index (χ0n) is 9.70. The summed E-state index contributed by atoms with van der Waals surface area (Å²) >= 11 is 0. The summed E-state index contributed by atoms with van der Waals surface area (Å²) in [6.07, 6.45) is -1.30. The second kappa shape index (κ2) is 5.22. The lowest BCUT2D eigenvalue weighted by Crippen LogP contribution is -2.09. The molecule has 2 aromatic rings. The number of alkyl halides is 2. The third-order valence-corrected chi connectivity index (χ3v) is 2.51. The van der Waals surface area contributed by atoms with Gasteiger partial charge in [-0.25, -0.2) is 17.9 Å². The lowest BCUT2D eigenvalue weighted by Gasteiger charge is -2.08. The maximum Gasteiger partial charge on any atom is 0.280 e. The van der Waals surface area contributed by atoms with Crippen molar-refractivity contribution in [2.24, 2.45) is 0 Å². The summed E-state index contributed by atoms with van der Waals surface area (Å²) < 4.78 is 40.3. The van der Waals surface area contributed by atoms with Gasteiger partial charge in [0.1, 0.15) is 11.5 Å². The van der Waals surface area contributed by atoms with E-state index in [4.69, 9.17) is 0 Å². The fourth-order valence-corrected chi connectivity index (χ4v) is 1.76. The molecule has 1 aromatic carbocycles. The molecule has 0 aliphatic rings. The lowest BCUT2D eigenvalue weighted by atomic mass is 10.2. The summed E-state index contributed by atoms with van der Waals surface area (Å²) in [5.41, 5.74) is 0.472. The van der Waals surface area contributed by atoms with E-state index in [0.717, 1.165) is 4.68 Å². The predicted octanol–water partition coefficient (Wildman–Crippen LogP) is 2.67. The van der Waals surface area contributed by atoms with Crippen LogP contribution in [0.5, 0.6) is 0 Å². The Hall–Kier alpha value is -1.82. The quantitative estimate of drug-likeness (QED) is 0.910. The van der Waals surface area contributed by atoms with Crippen LogP contribution in [0.1, 0.15) is 17.7 Å². The molecular formula is C12H12F3N3. The summed E-state index contributed by atoms with van der Waals surface area (Å²) in [7, 11) is 1.66. The van der Waals surface area contributed by atoms with E-state index in [9.17, 15) is 13.2 Å². The maximum absolute atomic E-state index is 13.1. The van der Waals surface area contributed by atoms with Gasteiger partial charge in [-0.15, -0.1) is 0 Å². The van der Waals surface area contributed by atoms with Crippen LogP contribution in [0.15, 0.2) is 30.5 Å². The molecule has 0 fully saturated rings. The Morgan fingerprint density at radius 1 is 1.39 bits per heavy atom. The van der Waals surface area contributed by atoms with Gasteiger partial charge < -0.3 is 5.32 Å². The van der Waals surface area contributed by atoms with Crippen LogP contribution in [-0.4, -0.2) is 16.8 Å². The summed E-state index contributed by atoms with van der Waals surface area (Å²) in [6, 6.07) is 5.41. The second-order valence-electron chi connectivity index (χ2n) is 3.78. The summed E-state index contributed by atoms with van der Waals surface area (Å²) in [5, 5.41) is 6.69. The molecule has 1 aromatic heterocycles. The van der Waals surface area contributed by atoms with Crippen molar-refractivity contribution in [3.63, 3.8) is 0 Å². The van der Waals surface area contributed by atoms with Gasteiger partial charge in [-0.1, -0.05) is 6.07 Å². The molecule has 0 spiro atoms. The minimum atomic E-state index is -2.67. The fraction of sp³-hybridized carbons (Fsp3) is 0.250. The van der Waals surface area contributed by atoms with Gasteiger partial charge in [0.05, 0.1) is 11.9 Å². The number of hydrogen-bond donors (Lipinski definition) is 1. The fourth-order valence-electron chi connectivity index (χ4n) is 1.76. The van der Waals surface area contributed by atoms with E-state index in [1.54, 1.807) is 7.05 Å². The largest absolute Gasteiger partial charge is 0.316 e. The predicted molar refractivity (Wildman–Crippen MR) is 61.2 cm³/mol. The highest BCUT2D eigenvalue weighted by molar-refractivity contribution is 5.36. The zero-order chi connectivity index (χ0) is 13.1. The number of halogens is 3. The molecule has 18 heavy (non-hydrogen) atoms. The van der Waals surface area contributed by atoms with E-state index in [2.05, 4.69) is 10.4 Å². The molecule has 0 aliphatic carbocycles. The molecule has 1 heterocycles. The van der Waals surface area contributed by atoms with Gasteiger partial charge >= 0.3 is 0 Å². The molecule has 0 bridgehead atoms. The number of nitrogens with one attached hydrogen (secondary N) is 1. The van der Waals surface area contributed by atoms with E-state index in [0.29, 0.717) is 5.56 Å². The molecular weight excluding hydrogens is 243 g/mol. The van der Waals surface area contributed by atoms with E-state index in [1.807, 2.05) is 0 Å². The van der Waals surface area contributed by atoms with Crippen LogP contribution in [0.25, 0.3) is 5.69 Å². The number of nitrogens with zero attached hydrogens (tertiary/aromatic N) is 2. The molecule has 0 radical (unpaired) electrons. The van der Waals surface area contributed by atoms with Crippen molar-refractivity contribution in [1.82, 2.24) is 15.1 Å². The van der Waals surface area contributed by atoms with Crippen molar-refractivity contribution in [3.8, 4) is 5.69 Å². The highest BCUT2D eigenvalue weighted by atomic mass is 19.3. The van der Waals surface area contributed by atoms with Crippen LogP contribution in [0, 0.1) is 5.82 Å². The molecule has 0 unspecified atom stereocenters. The standard InChI is InChI=1S/C12H12F3N3/c1-16-6-8-7-17-18(11(8)12(14)15)10-4-2-3-9(13)5-10/h2-5,7,12,16H,6H2,1H3. The highest BCUT2D eigenvalue weighted by Gasteiger charge is 2.20. The number of rotatable bonds is 4. The molecule has 6 heteroatoms. The normalized spacial score (nSPS) is 11.2. The first-order valence-electron chi connectivity index (χ1n) is 5.39. The number of hydrogen-bond acceptors (Lipinski definition) is 2. The lowest BCUT2D eigenvalue weighted by molar-refractivity contribution is 0.141. The Morgan fingerprint density at radius 2 is 2.17 bits per heavy atom. The Morgan fingerprint density at radius 3 is 2.78 bits per heavy atom. The second-order valence-corrected chi connectivity index (χ2v) is 3.78. The average Bonchev–Trinajstić information content (AvgIpc) is 2.73. The third-order valence-electron chi connectivity index (χ3n) is 2.51. The summed E-state index contributed by atoms with van der Waals surface area (Å²) in [4.78, 5) is 0. The van der Waals surface area contributed by atoms with Gasteiger partial charge in [0, 0.05) is 12.1 Å². The molecule has 96 valence electrons. The first-order valence-corrected chi connectivity index (χ1v) is 5.39. The number of benzene rings is 1. The highest BCUT2D eigenvalue weighted by Crippen LogP contribution is 2.25. The molecule has 0 saturated carbocycles. The molecule has 0 amide bonds. The van der Waals surface area contributed by atoms with Crippen molar-refractivity contribution in [3.05, 3.63) is 47.5 Å². The smallest absolute Gasteiger partial charge is 0.280 e. The molecule has 0 atom stereocenters. The minimum Gasteiger partial charge on any atom is -0.316 e. The molecule has 1 N–H and O–H groups in total. The van der Waals surface area contributed by atoms with Crippen LogP contribution in [0.4, 0.5) is 13.2 Å². The average molecular weight is 255 g/mol. The van der Waals surface area contributed by atoms with Crippen LogP contribution >= 0.6 is 0 Å². The summed E-state index contributed by atoms with van der Waals surface area (Å²) in [6.45, 7) is 0.287. The first kappa shape index (κ1) is 12.6. The first-order chi connectivity index (χ1) is 8.63. The number of aromatic nitrogens is 2. The van der Waals surface area contributed by atoms with Crippen molar-refractivity contribution in [2.45, 2.75) is 13.0 Å². The third kappa shape index (κ3) is 2.38. The molecule has 2 rings (SSSR count). The Labute approximate surface area is 102 Å². The van der Waals surface area contributed by atoms with Gasteiger partial charge in [-0.3, -0.25) is 0 Å². The van der Waals surface area contributed by atoms with Crippen molar-refractivity contribution in [2.75, 3.05) is 7.05 Å². The van der Waals surface area contributed by atoms with Gasteiger partial charge in [0.2, 0.25) is 0 Å². The van der Waals surface area contributed by atoms with Crippen molar-refractivity contribution >= 4 is 0 Å². The van der Waals surface area contributed by atoms with Crippen LogP contribution in [0.3, 0.4) is 0 Å². The molecule has 3 nitrogen and oxygen atoms in total. The van der Waals surface area contributed by atoms with E-state index in [-0.39, 0.29) is 17.9 Å². The van der Waals surface area contributed by atoms with E-state index >= 15 is 0 Å². The Bertz CT molecular complexity index is 537. The van der Waals surface area contributed by atoms with Gasteiger partial charge in [0.15, 0.2) is 0 Å². The van der Waals surface area contributed by atoms with Gasteiger partial charge in [-0.05, 0) is 25.2 Å². The van der Waals surface area contributed by atoms with Gasteiger partial charge in [0.25, 0.3) is 6.43 Å². The minimum absolute atomic E-state index is 0.213. The van der Waals surface area contributed by atoms with E-state index < -0.39 is 12.2 Å². The van der Waals surface area contributed by atoms with Crippen LogP contribution in [-0.2, 0) is 6.54 Å². The Balaban J connectivity index is 2.50. The van der Waals surface area contributed by atoms with Crippen molar-refractivity contribution in [1.29, 1.82) is 0 Å². The van der Waals surface area contributed by atoms with Gasteiger partial charge in [-0.2, -0.15) is 5.10 Å². The topological polar surface area (TPSA) is 29.9 Å². The zero-order valence-corrected chi connectivity index (χ0v) is 9.70. The SMILES string of the molecule is CNCc1cnn(-c2cccc(F)c2)c1C(F)F. The summed E-state index contributed by atoms with van der Waals surface area (Å²) in [5.74, 6) is -0.488. The van der Waals surface area contributed by atoms with Crippen molar-refractivity contribution < 1.29 is 13.2 Å². The molecule has 0 saturated heterocycles. The monoisotopic (exact) mass is 255 g/mol. The van der Waals surface area contributed by atoms with E-state index in [1.165, 1.54) is 30.5 Å². The Kier molecular flexibility index (Phi) is 3.66. The van der Waals surface area contributed by atoms with Crippen LogP contribution in [0.2, 0.25) is 0 Å².